The van der Waals surface area contributed by atoms with E-state index in [0.717, 1.165) is 34.5 Å². The fraction of sp³-hybridized carbons (Fsp3) is 0.355. The van der Waals surface area contributed by atoms with Crippen LogP contribution in [-0.4, -0.2) is 64.7 Å². The molecule has 0 aliphatic carbocycles. The van der Waals surface area contributed by atoms with Gasteiger partial charge in [-0.25, -0.2) is 8.42 Å². The topological polar surface area (TPSA) is 105 Å². The third-order valence-electron chi connectivity index (χ3n) is 6.63. The number of methoxy groups -OCH3 is 2. The van der Waals surface area contributed by atoms with Crippen molar-refractivity contribution < 1.29 is 27.5 Å². The quantitative estimate of drug-likeness (QED) is 0.272. The summed E-state index contributed by atoms with van der Waals surface area (Å²) < 4.78 is 37.4. The van der Waals surface area contributed by atoms with Gasteiger partial charge in [-0.2, -0.15) is 0 Å². The van der Waals surface area contributed by atoms with Gasteiger partial charge in [0.05, 0.1) is 26.2 Å². The molecule has 0 bridgehead atoms. The number of hydrogen-bond donors (Lipinski definition) is 1. The van der Waals surface area contributed by atoms with Crippen LogP contribution in [0.2, 0.25) is 0 Å². The van der Waals surface area contributed by atoms with E-state index in [-0.39, 0.29) is 18.9 Å². The molecule has 0 spiro atoms. The van der Waals surface area contributed by atoms with E-state index in [1.54, 1.807) is 43.5 Å². The highest BCUT2D eigenvalue weighted by Crippen LogP contribution is 2.23. The number of amides is 2. The Bertz CT molecular complexity index is 1380. The minimum absolute atomic E-state index is 0.0783. The zero-order chi connectivity index (χ0) is 29.8. The number of hydrogen-bond acceptors (Lipinski definition) is 6. The fourth-order valence-electron chi connectivity index (χ4n) is 4.39. The smallest absolute Gasteiger partial charge is 0.244 e. The summed E-state index contributed by atoms with van der Waals surface area (Å²) in [5.74, 6) is 0.354. The second-order valence-electron chi connectivity index (χ2n) is 9.69. The van der Waals surface area contributed by atoms with E-state index in [2.05, 4.69) is 5.32 Å². The molecule has 1 atom stereocenters. The molecule has 0 saturated carbocycles. The second-order valence-corrected chi connectivity index (χ2v) is 11.6. The van der Waals surface area contributed by atoms with Gasteiger partial charge in [0, 0.05) is 19.5 Å². The lowest BCUT2D eigenvalue weighted by Gasteiger charge is -2.33. The summed E-state index contributed by atoms with van der Waals surface area (Å²) in [5.41, 5.74) is 1.93. The maximum absolute atomic E-state index is 14.1. The van der Waals surface area contributed by atoms with Gasteiger partial charge in [-0.1, -0.05) is 55.8 Å². The molecule has 0 unspecified atom stereocenters. The largest absolute Gasteiger partial charge is 0.497 e. The van der Waals surface area contributed by atoms with Crippen LogP contribution in [0.4, 0.5) is 5.69 Å². The second kappa shape index (κ2) is 15.1. The minimum atomic E-state index is -3.85. The number of benzene rings is 3. The van der Waals surface area contributed by atoms with Crippen molar-refractivity contribution in [3.05, 3.63) is 90.0 Å². The van der Waals surface area contributed by atoms with Crippen molar-refractivity contribution in [3.63, 3.8) is 0 Å². The third-order valence-corrected chi connectivity index (χ3v) is 7.77. The zero-order valence-corrected chi connectivity index (χ0v) is 24.9. The number of carbonyl (C=O) groups is 2. The lowest BCUT2D eigenvalue weighted by molar-refractivity contribution is -0.140. The Morgan fingerprint density at radius 1 is 0.878 bits per heavy atom. The number of nitrogens with one attached hydrogen (secondary N) is 1. The molecule has 0 aliphatic rings. The summed E-state index contributed by atoms with van der Waals surface area (Å²) in [6, 6.07) is 22.2. The van der Waals surface area contributed by atoms with E-state index in [0.29, 0.717) is 23.7 Å². The maximum Gasteiger partial charge on any atom is 0.244 e. The molecule has 0 saturated heterocycles. The van der Waals surface area contributed by atoms with Crippen LogP contribution in [-0.2, 0) is 32.6 Å². The molecule has 0 heterocycles. The van der Waals surface area contributed by atoms with E-state index in [4.69, 9.17) is 9.47 Å². The average Bonchev–Trinajstić information content (AvgIpc) is 2.97. The van der Waals surface area contributed by atoms with Gasteiger partial charge in [-0.15, -0.1) is 0 Å². The number of sulfonamides is 1. The normalized spacial score (nSPS) is 11.8. The molecular weight excluding hydrogens is 542 g/mol. The first kappa shape index (κ1) is 31.5. The first-order valence-electron chi connectivity index (χ1n) is 13.5. The lowest BCUT2D eigenvalue weighted by atomic mass is 10.0. The Morgan fingerprint density at radius 3 is 2.15 bits per heavy atom. The van der Waals surface area contributed by atoms with Crippen LogP contribution in [0.1, 0.15) is 30.9 Å². The summed E-state index contributed by atoms with van der Waals surface area (Å²) in [5, 5.41) is 2.97. The van der Waals surface area contributed by atoms with Crippen molar-refractivity contribution in [2.45, 2.75) is 38.8 Å². The predicted molar refractivity (Wildman–Crippen MR) is 161 cm³/mol. The van der Waals surface area contributed by atoms with Crippen LogP contribution in [0.5, 0.6) is 11.5 Å². The van der Waals surface area contributed by atoms with Gasteiger partial charge in [0.2, 0.25) is 21.8 Å². The molecule has 1 N–H and O–H groups in total. The van der Waals surface area contributed by atoms with E-state index in [1.807, 2.05) is 49.4 Å². The number of ether oxygens (including phenoxy) is 2. The fourth-order valence-corrected chi connectivity index (χ4v) is 5.24. The molecule has 9 nitrogen and oxygen atoms in total. The molecule has 10 heteroatoms. The molecular formula is C31H39N3O6S. The van der Waals surface area contributed by atoms with Crippen molar-refractivity contribution in [2.75, 3.05) is 37.9 Å². The first-order chi connectivity index (χ1) is 19.7. The van der Waals surface area contributed by atoms with Crippen LogP contribution < -0.4 is 19.1 Å². The molecule has 3 aromatic rings. The van der Waals surface area contributed by atoms with E-state index < -0.39 is 28.5 Å². The highest BCUT2D eigenvalue weighted by molar-refractivity contribution is 7.92. The van der Waals surface area contributed by atoms with Gasteiger partial charge in [-0.3, -0.25) is 13.9 Å². The molecule has 0 aliphatic heterocycles. The number of unbranched alkanes of at least 4 members (excludes halogenated alkanes) is 1. The Balaban J connectivity index is 2.03. The summed E-state index contributed by atoms with van der Waals surface area (Å²) in [7, 11) is -0.776. The van der Waals surface area contributed by atoms with E-state index >= 15 is 0 Å². The van der Waals surface area contributed by atoms with Gasteiger partial charge < -0.3 is 19.7 Å². The van der Waals surface area contributed by atoms with Crippen LogP contribution in [0.3, 0.4) is 0 Å². The van der Waals surface area contributed by atoms with Gasteiger partial charge in [-0.05, 0) is 53.9 Å². The van der Waals surface area contributed by atoms with Crippen molar-refractivity contribution in [1.82, 2.24) is 10.2 Å². The molecule has 41 heavy (non-hydrogen) atoms. The SMILES string of the molecule is CCCCNC(=O)[C@@H](Cc1ccccc1)N(Cc1cccc(OC)c1)C(=O)CN(c1ccc(OC)cc1)S(C)(=O)=O. The molecule has 2 amide bonds. The van der Waals surface area contributed by atoms with Gasteiger partial charge in [0.25, 0.3) is 0 Å². The minimum Gasteiger partial charge on any atom is -0.497 e. The van der Waals surface area contributed by atoms with Crippen molar-refractivity contribution in [2.24, 2.45) is 0 Å². The Morgan fingerprint density at radius 2 is 1.54 bits per heavy atom. The monoisotopic (exact) mass is 581 g/mol. The predicted octanol–water partition coefficient (Wildman–Crippen LogP) is 4.03. The molecule has 3 rings (SSSR count). The van der Waals surface area contributed by atoms with Crippen LogP contribution in [0, 0.1) is 0 Å². The molecule has 0 radical (unpaired) electrons. The molecule has 0 fully saturated rings. The summed E-state index contributed by atoms with van der Waals surface area (Å²) in [6.07, 6.45) is 3.01. The molecule has 3 aromatic carbocycles. The average molecular weight is 582 g/mol. The summed E-state index contributed by atoms with van der Waals surface area (Å²) >= 11 is 0. The van der Waals surface area contributed by atoms with Crippen LogP contribution >= 0.6 is 0 Å². The number of rotatable bonds is 15. The molecule has 220 valence electrons. The highest BCUT2D eigenvalue weighted by Gasteiger charge is 2.33. The standard InChI is InChI=1S/C31H39N3O6S/c1-5-6-19-32-31(36)29(21-24-11-8-7-9-12-24)33(22-25-13-10-14-28(20-25)40-3)30(35)23-34(41(4,37)38)26-15-17-27(39-2)18-16-26/h7-18,20,29H,5-6,19,21-23H2,1-4H3,(H,32,36)/t29-/m1/s1. The third kappa shape index (κ3) is 9.24. The Labute approximate surface area is 243 Å². The van der Waals surface area contributed by atoms with Gasteiger partial charge in [0.1, 0.15) is 24.1 Å². The van der Waals surface area contributed by atoms with Gasteiger partial charge in [0.15, 0.2) is 0 Å². The maximum atomic E-state index is 14.1. The van der Waals surface area contributed by atoms with Crippen LogP contribution in [0.25, 0.3) is 0 Å². The Kier molecular flexibility index (Phi) is 11.6. The number of anilines is 1. The van der Waals surface area contributed by atoms with Crippen molar-refractivity contribution in [3.8, 4) is 11.5 Å². The van der Waals surface area contributed by atoms with E-state index in [9.17, 15) is 18.0 Å². The zero-order valence-electron chi connectivity index (χ0n) is 24.1. The van der Waals surface area contributed by atoms with Gasteiger partial charge >= 0.3 is 0 Å². The van der Waals surface area contributed by atoms with Crippen molar-refractivity contribution >= 4 is 27.5 Å². The Hall–Kier alpha value is -4.05. The summed E-state index contributed by atoms with van der Waals surface area (Å²) in [6.45, 7) is 2.10. The summed E-state index contributed by atoms with van der Waals surface area (Å²) in [4.78, 5) is 29.2. The van der Waals surface area contributed by atoms with E-state index in [1.165, 1.54) is 12.0 Å². The van der Waals surface area contributed by atoms with Crippen LogP contribution in [0.15, 0.2) is 78.9 Å². The highest BCUT2D eigenvalue weighted by atomic mass is 32.2. The number of carbonyl (C=O) groups excluding carboxylic acids is 2. The van der Waals surface area contributed by atoms with Crippen molar-refractivity contribution in [1.29, 1.82) is 0 Å². The number of nitrogens with zero attached hydrogens (tertiary/aromatic N) is 2. The molecule has 0 aromatic heterocycles. The lowest BCUT2D eigenvalue weighted by Crippen LogP contribution is -2.53. The first-order valence-corrected chi connectivity index (χ1v) is 15.4.